The van der Waals surface area contributed by atoms with Crippen LogP contribution in [0.2, 0.25) is 0 Å². The predicted octanol–water partition coefficient (Wildman–Crippen LogP) is 1.31. The molecule has 0 unspecified atom stereocenters. The molecular weight excluding hydrogens is 128 g/mol. The lowest BCUT2D eigenvalue weighted by Gasteiger charge is -1.88. The lowest BCUT2D eigenvalue weighted by Crippen LogP contribution is -1.97. The molecule has 10 heavy (non-hydrogen) atoms. The van der Waals surface area contributed by atoms with E-state index in [9.17, 15) is 9.59 Å². The largest absolute Gasteiger partial charge is 0.294 e. The summed E-state index contributed by atoms with van der Waals surface area (Å²) in [5.41, 5.74) is 0.442. The molecular formula is C8H8O2. The number of benzene rings is 1. The first-order valence-corrected chi connectivity index (χ1v) is 2.89. The van der Waals surface area contributed by atoms with Crippen molar-refractivity contribution in [1.29, 1.82) is 0 Å². The molecule has 0 aliphatic heterocycles. The Morgan fingerprint density at radius 1 is 1.30 bits per heavy atom. The molecule has 0 aliphatic rings. The highest BCUT2D eigenvalue weighted by Gasteiger charge is 1.99. The Balaban J connectivity index is 0.000001000. The normalized spacial score (nSPS) is 8.80. The third-order valence-electron chi connectivity index (χ3n) is 1.17. The van der Waals surface area contributed by atoms with Gasteiger partial charge in [0.25, 0.3) is 0 Å². The fourth-order valence-electron chi connectivity index (χ4n) is 0.670. The van der Waals surface area contributed by atoms with E-state index in [2.05, 4.69) is 0 Å². The number of hydrogen-bond acceptors (Lipinski definition) is 2. The molecule has 0 aromatic heterocycles. The van der Waals surface area contributed by atoms with Crippen LogP contribution in [-0.4, -0.2) is 12.1 Å². The van der Waals surface area contributed by atoms with Crippen molar-refractivity contribution in [3.05, 3.63) is 35.9 Å². The zero-order valence-electron chi connectivity index (χ0n) is 5.28. The fraction of sp³-hybridized carbons (Fsp3) is 0. The van der Waals surface area contributed by atoms with Crippen LogP contribution in [0.15, 0.2) is 30.3 Å². The maximum atomic E-state index is 10.6. The maximum Gasteiger partial charge on any atom is 0.225 e. The van der Waals surface area contributed by atoms with Gasteiger partial charge in [0.1, 0.15) is 0 Å². The molecule has 52 valence electrons. The molecule has 1 rings (SSSR count). The third kappa shape index (κ3) is 1.29. The van der Waals surface area contributed by atoms with Crippen molar-refractivity contribution >= 4 is 12.1 Å². The molecule has 1 aromatic rings. The Morgan fingerprint density at radius 2 is 1.90 bits per heavy atom. The number of hydrogen-bond donors (Lipinski definition) is 0. The average molecular weight is 136 g/mol. The number of rotatable bonds is 2. The summed E-state index contributed by atoms with van der Waals surface area (Å²) in [4.78, 5) is 20.6. The van der Waals surface area contributed by atoms with Crippen molar-refractivity contribution in [2.24, 2.45) is 0 Å². The monoisotopic (exact) mass is 136 g/mol. The van der Waals surface area contributed by atoms with Gasteiger partial charge < -0.3 is 0 Å². The lowest BCUT2D eigenvalue weighted by molar-refractivity contribution is -0.104. The molecule has 0 saturated heterocycles. The highest BCUT2D eigenvalue weighted by atomic mass is 16.2. The number of Topliss-reactive ketones (excluding diaryl/α,β-unsaturated/α-hetero) is 1. The van der Waals surface area contributed by atoms with Gasteiger partial charge in [-0.15, -0.1) is 0 Å². The predicted molar refractivity (Wildman–Crippen MR) is 39.0 cm³/mol. The second-order valence-corrected chi connectivity index (χ2v) is 1.85. The molecule has 0 bridgehead atoms. The summed E-state index contributed by atoms with van der Waals surface area (Å²) in [5.74, 6) is -0.472. The number of carbonyl (C=O) groups is 2. The fourth-order valence-corrected chi connectivity index (χ4v) is 0.670. The number of carbonyl (C=O) groups excluding carboxylic acids is 2. The Labute approximate surface area is 60.0 Å². The molecule has 0 amide bonds. The second kappa shape index (κ2) is 2.92. The van der Waals surface area contributed by atoms with Crippen LogP contribution in [0, 0.1) is 0 Å². The lowest BCUT2D eigenvalue weighted by atomic mass is 10.1. The van der Waals surface area contributed by atoms with Gasteiger partial charge in [-0.2, -0.15) is 0 Å². The van der Waals surface area contributed by atoms with Gasteiger partial charge in [0, 0.05) is 6.99 Å². The first-order chi connectivity index (χ1) is 4.84. The van der Waals surface area contributed by atoms with Crippen LogP contribution in [0.4, 0.5) is 0 Å². The molecule has 2 heteroatoms. The Hall–Kier alpha value is -1.44. The van der Waals surface area contributed by atoms with E-state index in [0.29, 0.717) is 11.8 Å². The minimum absolute atomic E-state index is 0. The Bertz CT molecular complexity index is 244. The first kappa shape index (κ1) is 6.68. The summed E-state index contributed by atoms with van der Waals surface area (Å²) in [7, 11) is 0. The van der Waals surface area contributed by atoms with Crippen molar-refractivity contribution < 1.29 is 11.0 Å². The zero-order valence-corrected chi connectivity index (χ0v) is 5.28. The van der Waals surface area contributed by atoms with Crippen molar-refractivity contribution in [1.82, 2.24) is 0 Å². The van der Waals surface area contributed by atoms with Gasteiger partial charge in [0.2, 0.25) is 5.78 Å². The Morgan fingerprint density at radius 3 is 2.40 bits per heavy atom. The molecule has 0 aliphatic carbocycles. The molecule has 0 saturated carbocycles. The van der Waals surface area contributed by atoms with E-state index in [-0.39, 0.29) is 1.43 Å². The zero-order chi connectivity index (χ0) is 7.40. The van der Waals surface area contributed by atoms with E-state index in [1.165, 1.54) is 0 Å². The second-order valence-electron chi connectivity index (χ2n) is 1.85. The van der Waals surface area contributed by atoms with Gasteiger partial charge >= 0.3 is 0 Å². The van der Waals surface area contributed by atoms with Crippen LogP contribution in [0.25, 0.3) is 0 Å². The van der Waals surface area contributed by atoms with Gasteiger partial charge in [-0.05, 0) is 0 Å². The quantitative estimate of drug-likeness (QED) is 0.349. The summed E-state index contributed by atoms with van der Waals surface area (Å²) >= 11 is 0. The standard InChI is InChI=1S/C8H6O2.H2/c9-6-8(10)7-4-2-1-3-5-7;/h1-6H;1H. The van der Waals surface area contributed by atoms with Gasteiger partial charge in [-0.3, -0.25) is 9.59 Å². The van der Waals surface area contributed by atoms with Crippen LogP contribution in [0.1, 0.15) is 11.8 Å². The van der Waals surface area contributed by atoms with E-state index in [1.807, 2.05) is 0 Å². The topological polar surface area (TPSA) is 34.1 Å². The highest BCUT2D eigenvalue weighted by Crippen LogP contribution is 1.96. The Kier molecular flexibility index (Phi) is 1.95. The van der Waals surface area contributed by atoms with Crippen molar-refractivity contribution in [3.8, 4) is 0 Å². The molecule has 0 spiro atoms. The highest BCUT2D eigenvalue weighted by molar-refractivity contribution is 6.33. The molecule has 0 N–H and O–H groups in total. The van der Waals surface area contributed by atoms with Crippen LogP contribution in [0.3, 0.4) is 0 Å². The van der Waals surface area contributed by atoms with Crippen LogP contribution in [-0.2, 0) is 4.79 Å². The summed E-state index contributed by atoms with van der Waals surface area (Å²) in [5, 5.41) is 0. The van der Waals surface area contributed by atoms with Crippen molar-refractivity contribution in [3.63, 3.8) is 0 Å². The number of ketones is 1. The summed E-state index contributed by atoms with van der Waals surface area (Å²) in [6.07, 6.45) is 0.315. The molecule has 2 nitrogen and oxygen atoms in total. The SMILES string of the molecule is O=CC(=O)c1ccccc1.[HH]. The first-order valence-electron chi connectivity index (χ1n) is 2.89. The van der Waals surface area contributed by atoms with E-state index < -0.39 is 5.78 Å². The summed E-state index contributed by atoms with van der Waals surface area (Å²) in [6.45, 7) is 0. The smallest absolute Gasteiger partial charge is 0.225 e. The molecule has 0 fully saturated rings. The van der Waals surface area contributed by atoms with Gasteiger partial charge in [0.05, 0.1) is 0 Å². The summed E-state index contributed by atoms with van der Waals surface area (Å²) < 4.78 is 0. The number of aldehydes is 1. The van der Waals surface area contributed by atoms with Gasteiger partial charge in [0.15, 0.2) is 6.29 Å². The van der Waals surface area contributed by atoms with E-state index >= 15 is 0 Å². The van der Waals surface area contributed by atoms with E-state index in [0.717, 1.165) is 0 Å². The minimum Gasteiger partial charge on any atom is -0.294 e. The van der Waals surface area contributed by atoms with Crippen LogP contribution >= 0.6 is 0 Å². The van der Waals surface area contributed by atoms with Crippen molar-refractivity contribution in [2.45, 2.75) is 0 Å². The van der Waals surface area contributed by atoms with Crippen molar-refractivity contribution in [2.75, 3.05) is 0 Å². The van der Waals surface area contributed by atoms with E-state index in [1.54, 1.807) is 30.3 Å². The maximum absolute atomic E-state index is 10.6. The van der Waals surface area contributed by atoms with E-state index in [4.69, 9.17) is 0 Å². The third-order valence-corrected chi connectivity index (χ3v) is 1.17. The molecule has 0 radical (unpaired) electrons. The average Bonchev–Trinajstić information content (AvgIpc) is 2.05. The molecule has 0 heterocycles. The van der Waals surface area contributed by atoms with Crippen LogP contribution < -0.4 is 0 Å². The van der Waals surface area contributed by atoms with Crippen LogP contribution in [0.5, 0.6) is 0 Å². The minimum atomic E-state index is -0.472. The molecule has 1 aromatic carbocycles. The molecule has 0 atom stereocenters. The van der Waals surface area contributed by atoms with Gasteiger partial charge in [-0.1, -0.05) is 30.3 Å². The summed E-state index contributed by atoms with van der Waals surface area (Å²) in [6, 6.07) is 8.45. The van der Waals surface area contributed by atoms with Gasteiger partial charge in [-0.25, -0.2) is 0 Å².